The van der Waals surface area contributed by atoms with Gasteiger partial charge in [0.1, 0.15) is 11.6 Å². The van der Waals surface area contributed by atoms with Crippen molar-refractivity contribution in [2.45, 2.75) is 48.6 Å². The second-order valence-electron chi connectivity index (χ2n) is 9.56. The summed E-state index contributed by atoms with van der Waals surface area (Å²) in [4.78, 5) is 31.6. The van der Waals surface area contributed by atoms with E-state index in [1.807, 2.05) is 28.8 Å². The lowest BCUT2D eigenvalue weighted by Crippen LogP contribution is -2.58. The predicted octanol–water partition coefficient (Wildman–Crippen LogP) is 5.09. The van der Waals surface area contributed by atoms with Gasteiger partial charge in [0.15, 0.2) is 0 Å². The number of amides is 3. The number of thioether (sulfide) groups is 1. The van der Waals surface area contributed by atoms with Gasteiger partial charge in [-0.25, -0.2) is 14.1 Å². The first-order valence-electron chi connectivity index (χ1n) is 12.4. The van der Waals surface area contributed by atoms with Gasteiger partial charge in [-0.3, -0.25) is 4.79 Å². The van der Waals surface area contributed by atoms with E-state index in [9.17, 15) is 14.0 Å². The molecule has 0 N–H and O–H groups in total. The highest BCUT2D eigenvalue weighted by molar-refractivity contribution is 8.00. The SMILES string of the molecule is COc1ccc(N2C(=O)CCN(C3CCN(CC4CCC(c5ccc(F)cc5)S4)CC3)C2=O)cc1. The van der Waals surface area contributed by atoms with Crippen LogP contribution in [0.25, 0.3) is 0 Å². The van der Waals surface area contributed by atoms with Gasteiger partial charge in [0.2, 0.25) is 5.91 Å². The van der Waals surface area contributed by atoms with E-state index in [1.165, 1.54) is 16.9 Å². The third kappa shape index (κ3) is 5.33. The number of imide groups is 1. The van der Waals surface area contributed by atoms with Gasteiger partial charge in [-0.05, 0) is 67.6 Å². The number of carbonyl (C=O) groups excluding carboxylic acids is 2. The molecule has 2 aromatic rings. The summed E-state index contributed by atoms with van der Waals surface area (Å²) in [5.74, 6) is 0.363. The Morgan fingerprint density at radius 3 is 2.34 bits per heavy atom. The molecular weight excluding hydrogens is 465 g/mol. The minimum absolute atomic E-state index is 0.150. The molecule has 35 heavy (non-hydrogen) atoms. The van der Waals surface area contributed by atoms with Crippen molar-refractivity contribution < 1.29 is 18.7 Å². The normalized spacial score (nSPS) is 24.3. The molecule has 5 rings (SSSR count). The number of hydrogen-bond donors (Lipinski definition) is 0. The first-order valence-corrected chi connectivity index (χ1v) is 13.4. The van der Waals surface area contributed by atoms with E-state index in [0.717, 1.165) is 38.9 Å². The van der Waals surface area contributed by atoms with Crippen molar-refractivity contribution in [3.05, 3.63) is 59.9 Å². The molecule has 3 aliphatic heterocycles. The lowest BCUT2D eigenvalue weighted by atomic mass is 10.0. The molecule has 8 heteroatoms. The molecule has 2 atom stereocenters. The molecule has 0 bridgehead atoms. The van der Waals surface area contributed by atoms with E-state index >= 15 is 0 Å². The Bertz CT molecular complexity index is 1040. The standard InChI is InChI=1S/C27H32FN3O3S/c1-34-23-8-6-22(7-9-23)31-26(32)14-17-30(27(31)33)21-12-15-29(16-13-21)18-24-10-11-25(35-24)19-2-4-20(28)5-3-19/h2-9,21,24-25H,10-18H2,1H3. The first kappa shape index (κ1) is 24.1. The zero-order valence-electron chi connectivity index (χ0n) is 20.1. The van der Waals surface area contributed by atoms with Gasteiger partial charge in [0.05, 0.1) is 12.8 Å². The summed E-state index contributed by atoms with van der Waals surface area (Å²) in [6.45, 7) is 3.47. The number of ether oxygens (including phenoxy) is 1. The summed E-state index contributed by atoms with van der Waals surface area (Å²) in [5, 5.41) is 1.03. The average molecular weight is 498 g/mol. The molecule has 6 nitrogen and oxygen atoms in total. The molecule has 3 amide bonds. The highest BCUT2D eigenvalue weighted by atomic mass is 32.2. The predicted molar refractivity (Wildman–Crippen MR) is 136 cm³/mol. The van der Waals surface area contributed by atoms with Gasteiger partial charge in [-0.1, -0.05) is 12.1 Å². The summed E-state index contributed by atoms with van der Waals surface area (Å²) >= 11 is 2.01. The number of likely N-dealkylation sites (tertiary alicyclic amines) is 1. The summed E-state index contributed by atoms with van der Waals surface area (Å²) in [6, 6.07) is 14.0. The molecule has 0 radical (unpaired) electrons. The summed E-state index contributed by atoms with van der Waals surface area (Å²) < 4.78 is 18.4. The molecule has 0 saturated carbocycles. The van der Waals surface area contributed by atoms with Crippen LogP contribution in [0.4, 0.5) is 14.9 Å². The molecule has 3 aliphatic rings. The molecule has 3 saturated heterocycles. The molecule has 2 aromatic carbocycles. The second kappa shape index (κ2) is 10.6. The van der Waals surface area contributed by atoms with Gasteiger partial charge in [-0.2, -0.15) is 0 Å². The van der Waals surface area contributed by atoms with Crippen molar-refractivity contribution in [1.29, 1.82) is 0 Å². The van der Waals surface area contributed by atoms with Gasteiger partial charge in [-0.15, -0.1) is 11.8 Å². The van der Waals surface area contributed by atoms with E-state index in [0.29, 0.717) is 34.9 Å². The van der Waals surface area contributed by atoms with Crippen molar-refractivity contribution in [3.63, 3.8) is 0 Å². The number of methoxy groups -OCH3 is 1. The average Bonchev–Trinajstić information content (AvgIpc) is 3.34. The highest BCUT2D eigenvalue weighted by Gasteiger charge is 2.38. The second-order valence-corrected chi connectivity index (χ2v) is 11.1. The van der Waals surface area contributed by atoms with Gasteiger partial charge >= 0.3 is 6.03 Å². The number of carbonyl (C=O) groups is 2. The number of piperidine rings is 1. The third-order valence-corrected chi connectivity index (χ3v) is 9.00. The highest BCUT2D eigenvalue weighted by Crippen LogP contribution is 2.45. The fraction of sp³-hybridized carbons (Fsp3) is 0.481. The number of benzene rings is 2. The van der Waals surface area contributed by atoms with Crippen molar-refractivity contribution in [2.24, 2.45) is 0 Å². The lowest BCUT2D eigenvalue weighted by molar-refractivity contribution is -0.119. The topological polar surface area (TPSA) is 53.1 Å². The molecule has 3 heterocycles. The number of urea groups is 1. The number of halogens is 1. The van der Waals surface area contributed by atoms with Crippen LogP contribution in [0, 0.1) is 5.82 Å². The molecule has 0 aromatic heterocycles. The van der Waals surface area contributed by atoms with Crippen LogP contribution >= 0.6 is 11.8 Å². The maximum atomic E-state index is 13.3. The zero-order chi connectivity index (χ0) is 24.4. The Hall–Kier alpha value is -2.58. The molecule has 3 fully saturated rings. The molecule has 2 unspecified atom stereocenters. The minimum Gasteiger partial charge on any atom is -0.497 e. The summed E-state index contributed by atoms with van der Waals surface area (Å²) in [7, 11) is 1.59. The first-order chi connectivity index (χ1) is 17.0. The summed E-state index contributed by atoms with van der Waals surface area (Å²) in [6.07, 6.45) is 4.51. The van der Waals surface area contributed by atoms with E-state index in [-0.39, 0.29) is 23.8 Å². The molecule has 186 valence electrons. The number of nitrogens with zero attached hydrogens (tertiary/aromatic N) is 3. The van der Waals surface area contributed by atoms with Crippen molar-refractivity contribution in [1.82, 2.24) is 9.80 Å². The largest absolute Gasteiger partial charge is 0.497 e. The number of rotatable bonds is 6. The fourth-order valence-electron chi connectivity index (χ4n) is 5.45. The van der Waals surface area contributed by atoms with Gasteiger partial charge in [0.25, 0.3) is 0 Å². The van der Waals surface area contributed by atoms with Crippen LogP contribution in [-0.4, -0.2) is 66.3 Å². The van der Waals surface area contributed by atoms with Crippen LogP contribution in [-0.2, 0) is 4.79 Å². The van der Waals surface area contributed by atoms with Crippen molar-refractivity contribution in [2.75, 3.05) is 38.2 Å². The Labute approximate surface area is 210 Å². The maximum absolute atomic E-state index is 13.3. The Kier molecular flexibility index (Phi) is 7.29. The Morgan fingerprint density at radius 2 is 1.66 bits per heavy atom. The van der Waals surface area contributed by atoms with Crippen LogP contribution in [0.3, 0.4) is 0 Å². The molecule has 0 spiro atoms. The van der Waals surface area contributed by atoms with Crippen molar-refractivity contribution in [3.8, 4) is 5.75 Å². The van der Waals surface area contributed by atoms with Crippen LogP contribution < -0.4 is 9.64 Å². The Morgan fingerprint density at radius 1 is 0.943 bits per heavy atom. The van der Waals surface area contributed by atoms with Gasteiger partial charge < -0.3 is 14.5 Å². The molecule has 0 aliphatic carbocycles. The van der Waals surface area contributed by atoms with Crippen LogP contribution in [0.2, 0.25) is 0 Å². The monoisotopic (exact) mass is 497 g/mol. The van der Waals surface area contributed by atoms with E-state index in [2.05, 4.69) is 4.90 Å². The third-order valence-electron chi connectivity index (χ3n) is 7.39. The van der Waals surface area contributed by atoms with Gasteiger partial charge in [0, 0.05) is 49.1 Å². The maximum Gasteiger partial charge on any atom is 0.331 e. The quantitative estimate of drug-likeness (QED) is 0.556. The van der Waals surface area contributed by atoms with Crippen LogP contribution in [0.15, 0.2) is 48.5 Å². The van der Waals surface area contributed by atoms with E-state index < -0.39 is 0 Å². The van der Waals surface area contributed by atoms with E-state index in [1.54, 1.807) is 43.5 Å². The number of anilines is 1. The summed E-state index contributed by atoms with van der Waals surface area (Å²) in [5.41, 5.74) is 1.81. The smallest absolute Gasteiger partial charge is 0.331 e. The van der Waals surface area contributed by atoms with Crippen LogP contribution in [0.5, 0.6) is 5.75 Å². The number of hydrogen-bond acceptors (Lipinski definition) is 5. The van der Waals surface area contributed by atoms with E-state index in [4.69, 9.17) is 4.74 Å². The Balaban J connectivity index is 1.14. The lowest BCUT2D eigenvalue weighted by Gasteiger charge is -2.43. The fourth-order valence-corrected chi connectivity index (χ4v) is 7.07. The minimum atomic E-state index is -0.210. The molecular formula is C27H32FN3O3S. The van der Waals surface area contributed by atoms with Crippen LogP contribution in [0.1, 0.15) is 42.9 Å². The van der Waals surface area contributed by atoms with Crippen molar-refractivity contribution >= 4 is 29.4 Å². The zero-order valence-corrected chi connectivity index (χ0v) is 20.9.